The molecule has 0 radical (unpaired) electrons. The number of amides is 1. The average Bonchev–Trinajstić information content (AvgIpc) is 2.98. The Morgan fingerprint density at radius 1 is 1.15 bits per heavy atom. The van der Waals surface area contributed by atoms with Crippen molar-refractivity contribution in [3.05, 3.63) is 51.3 Å². The van der Waals surface area contributed by atoms with Crippen molar-refractivity contribution in [1.82, 2.24) is 9.78 Å². The minimum absolute atomic E-state index is 0.0774. The molecule has 0 unspecified atom stereocenters. The van der Waals surface area contributed by atoms with Gasteiger partial charge in [0.05, 0.1) is 17.2 Å². The maximum atomic E-state index is 12.6. The highest BCUT2D eigenvalue weighted by Crippen LogP contribution is 2.37. The molecule has 1 atom stereocenters. The molecule has 2 aliphatic rings. The Balaban J connectivity index is 1.75. The van der Waals surface area contributed by atoms with E-state index in [9.17, 15) is 14.4 Å². The van der Waals surface area contributed by atoms with E-state index in [-0.39, 0.29) is 29.5 Å². The molecule has 8 nitrogen and oxygen atoms in total. The summed E-state index contributed by atoms with van der Waals surface area (Å²) in [6.45, 7) is 1.24. The average molecular weight is 357 g/mol. The number of anilines is 1. The van der Waals surface area contributed by atoms with Gasteiger partial charge in [-0.1, -0.05) is 12.1 Å². The number of aromatic amines is 1. The lowest BCUT2D eigenvalue weighted by molar-refractivity contribution is -0.116. The molecule has 0 bridgehead atoms. The number of rotatable bonds is 3. The van der Waals surface area contributed by atoms with Crippen molar-refractivity contribution in [2.45, 2.75) is 31.2 Å². The molecule has 2 aliphatic heterocycles. The Kier molecular flexibility index (Phi) is 4.12. The van der Waals surface area contributed by atoms with Crippen molar-refractivity contribution in [2.24, 2.45) is 0 Å². The van der Waals surface area contributed by atoms with Crippen LogP contribution in [0.5, 0.6) is 0 Å². The van der Waals surface area contributed by atoms with Crippen LogP contribution < -0.4 is 10.9 Å². The molecule has 1 aromatic carbocycles. The molecule has 8 heteroatoms. The largest absolute Gasteiger partial charge is 0.478 e. The number of H-pyrrole nitrogens is 1. The number of carbonyl (C=O) groups is 2. The highest BCUT2D eigenvalue weighted by Gasteiger charge is 2.34. The summed E-state index contributed by atoms with van der Waals surface area (Å²) in [7, 11) is 0. The molecular formula is C18H19N3O5. The quantitative estimate of drug-likeness (QED) is 0.774. The lowest BCUT2D eigenvalue weighted by atomic mass is 9.86. The van der Waals surface area contributed by atoms with E-state index in [2.05, 4.69) is 10.4 Å². The van der Waals surface area contributed by atoms with E-state index in [1.54, 1.807) is 16.8 Å². The fourth-order valence-corrected chi connectivity index (χ4v) is 3.74. The molecule has 136 valence electrons. The number of aromatic nitrogens is 2. The Bertz CT molecular complexity index is 906. The minimum Gasteiger partial charge on any atom is -0.478 e. The zero-order chi connectivity index (χ0) is 18.3. The standard InChI is InChI=1S/C18H19N3O5/c22-14-9-13(10-1-3-11(4-2-10)18(24)25)15-16(19-14)21(20-17(15)23)12-5-7-26-8-6-12/h1-4,12-13H,5-9H2,(H,19,22)(H,20,23)(H,24,25)/t13-/m0/s1. The number of carbonyl (C=O) groups excluding carboxylic acids is 1. The summed E-state index contributed by atoms with van der Waals surface area (Å²) >= 11 is 0. The predicted molar refractivity (Wildman–Crippen MR) is 92.6 cm³/mol. The number of carboxylic acids is 1. The Labute approximate surface area is 148 Å². The number of benzene rings is 1. The third-order valence-corrected chi connectivity index (χ3v) is 5.07. The third-order valence-electron chi connectivity index (χ3n) is 5.07. The van der Waals surface area contributed by atoms with E-state index in [1.165, 1.54) is 12.1 Å². The van der Waals surface area contributed by atoms with Crippen LogP contribution in [-0.2, 0) is 9.53 Å². The van der Waals surface area contributed by atoms with Gasteiger partial charge in [0.1, 0.15) is 5.82 Å². The summed E-state index contributed by atoms with van der Waals surface area (Å²) in [5.74, 6) is -1.05. The van der Waals surface area contributed by atoms with E-state index in [0.29, 0.717) is 24.6 Å². The predicted octanol–water partition coefficient (Wildman–Crippen LogP) is 1.70. The van der Waals surface area contributed by atoms with Crippen LogP contribution >= 0.6 is 0 Å². The number of fused-ring (bicyclic) bond motifs is 1. The van der Waals surface area contributed by atoms with Crippen LogP contribution in [0.1, 0.15) is 52.7 Å². The van der Waals surface area contributed by atoms with Gasteiger partial charge in [0.2, 0.25) is 5.91 Å². The highest BCUT2D eigenvalue weighted by atomic mass is 16.5. The molecule has 1 aromatic heterocycles. The van der Waals surface area contributed by atoms with Crippen LogP contribution in [0.4, 0.5) is 5.82 Å². The van der Waals surface area contributed by atoms with E-state index in [0.717, 1.165) is 18.4 Å². The summed E-state index contributed by atoms with van der Waals surface area (Å²) in [5.41, 5.74) is 1.22. The van der Waals surface area contributed by atoms with Crippen molar-refractivity contribution in [1.29, 1.82) is 0 Å². The Hall–Kier alpha value is -2.87. The number of hydrogen-bond donors (Lipinski definition) is 3. The number of carboxylic acid groups (broad SMARTS) is 1. The van der Waals surface area contributed by atoms with Gasteiger partial charge in [0.15, 0.2) is 0 Å². The molecule has 4 rings (SSSR count). The first kappa shape index (κ1) is 16.6. The summed E-state index contributed by atoms with van der Waals surface area (Å²) in [5, 5.41) is 14.8. The van der Waals surface area contributed by atoms with Gasteiger partial charge in [0.25, 0.3) is 5.56 Å². The fourth-order valence-electron chi connectivity index (χ4n) is 3.74. The number of nitrogens with one attached hydrogen (secondary N) is 2. The molecule has 0 spiro atoms. The second-order valence-corrected chi connectivity index (χ2v) is 6.65. The van der Waals surface area contributed by atoms with Gasteiger partial charge in [-0.15, -0.1) is 0 Å². The first-order chi connectivity index (χ1) is 12.5. The van der Waals surface area contributed by atoms with Gasteiger partial charge in [-0.25, -0.2) is 4.79 Å². The van der Waals surface area contributed by atoms with Crippen LogP contribution in [0, 0.1) is 0 Å². The van der Waals surface area contributed by atoms with E-state index in [1.807, 2.05) is 0 Å². The first-order valence-electron chi connectivity index (χ1n) is 8.60. The van der Waals surface area contributed by atoms with Crippen molar-refractivity contribution < 1.29 is 19.4 Å². The minimum atomic E-state index is -1.01. The summed E-state index contributed by atoms with van der Waals surface area (Å²) in [4.78, 5) is 35.9. The van der Waals surface area contributed by atoms with E-state index >= 15 is 0 Å². The molecule has 1 fully saturated rings. The highest BCUT2D eigenvalue weighted by molar-refractivity contribution is 5.94. The lowest BCUT2D eigenvalue weighted by Crippen LogP contribution is -2.28. The van der Waals surface area contributed by atoms with Crippen LogP contribution in [0.2, 0.25) is 0 Å². The Morgan fingerprint density at radius 2 is 1.85 bits per heavy atom. The van der Waals surface area contributed by atoms with Gasteiger partial charge < -0.3 is 15.2 Å². The van der Waals surface area contributed by atoms with E-state index in [4.69, 9.17) is 9.84 Å². The summed E-state index contributed by atoms with van der Waals surface area (Å²) in [6.07, 6.45) is 1.69. The number of ether oxygens (including phenoxy) is 1. The van der Waals surface area contributed by atoms with Crippen LogP contribution in [0.25, 0.3) is 0 Å². The SMILES string of the molecule is O=C1C[C@@H](c2ccc(C(=O)O)cc2)c2c(n(C3CCOCC3)[nH]c2=O)N1. The van der Waals surface area contributed by atoms with Gasteiger partial charge in [-0.05, 0) is 30.5 Å². The molecular weight excluding hydrogens is 338 g/mol. The van der Waals surface area contributed by atoms with Gasteiger partial charge in [-0.2, -0.15) is 0 Å². The first-order valence-corrected chi connectivity index (χ1v) is 8.60. The molecule has 0 saturated carbocycles. The number of nitrogens with zero attached hydrogens (tertiary/aromatic N) is 1. The molecule has 26 heavy (non-hydrogen) atoms. The number of hydrogen-bond acceptors (Lipinski definition) is 4. The molecule has 1 saturated heterocycles. The van der Waals surface area contributed by atoms with Crippen molar-refractivity contribution in [3.63, 3.8) is 0 Å². The second-order valence-electron chi connectivity index (χ2n) is 6.65. The fraction of sp³-hybridized carbons (Fsp3) is 0.389. The van der Waals surface area contributed by atoms with Crippen molar-refractivity contribution in [3.8, 4) is 0 Å². The lowest BCUT2D eigenvalue weighted by Gasteiger charge is -2.28. The van der Waals surface area contributed by atoms with Crippen LogP contribution in [0.3, 0.4) is 0 Å². The normalized spacial score (nSPS) is 20.5. The molecule has 0 aliphatic carbocycles. The maximum absolute atomic E-state index is 12.6. The molecule has 1 amide bonds. The Morgan fingerprint density at radius 3 is 2.50 bits per heavy atom. The zero-order valence-electron chi connectivity index (χ0n) is 14.0. The molecule has 3 heterocycles. The van der Waals surface area contributed by atoms with Crippen LogP contribution in [-0.4, -0.2) is 40.0 Å². The smallest absolute Gasteiger partial charge is 0.335 e. The van der Waals surface area contributed by atoms with Crippen molar-refractivity contribution in [2.75, 3.05) is 18.5 Å². The van der Waals surface area contributed by atoms with Crippen LogP contribution in [0.15, 0.2) is 29.1 Å². The topological polar surface area (TPSA) is 113 Å². The van der Waals surface area contributed by atoms with Gasteiger partial charge in [0, 0.05) is 25.6 Å². The molecule has 3 N–H and O–H groups in total. The third kappa shape index (κ3) is 2.82. The summed E-state index contributed by atoms with van der Waals surface area (Å²) < 4.78 is 7.13. The second kappa shape index (κ2) is 6.45. The monoisotopic (exact) mass is 357 g/mol. The van der Waals surface area contributed by atoms with E-state index < -0.39 is 11.9 Å². The molecule has 2 aromatic rings. The van der Waals surface area contributed by atoms with Gasteiger partial charge >= 0.3 is 5.97 Å². The van der Waals surface area contributed by atoms with Gasteiger partial charge in [-0.3, -0.25) is 19.4 Å². The van der Waals surface area contributed by atoms with Crippen molar-refractivity contribution >= 4 is 17.7 Å². The number of aromatic carboxylic acids is 1. The zero-order valence-corrected chi connectivity index (χ0v) is 14.0. The maximum Gasteiger partial charge on any atom is 0.335 e. The summed E-state index contributed by atoms with van der Waals surface area (Å²) in [6, 6.07) is 6.40.